The Morgan fingerprint density at radius 2 is 2.10 bits per heavy atom. The van der Waals surface area contributed by atoms with Crippen LogP contribution in [0.1, 0.15) is 79.2 Å². The monoisotopic (exact) mass is 273 g/mol. The number of esters is 1. The van der Waals surface area contributed by atoms with E-state index in [-0.39, 0.29) is 5.97 Å². The zero-order valence-electron chi connectivity index (χ0n) is 12.6. The first-order valence-corrected chi connectivity index (χ1v) is 7.81. The van der Waals surface area contributed by atoms with Crippen LogP contribution < -0.4 is 0 Å². The maximum absolute atomic E-state index is 12.2. The highest BCUT2D eigenvalue weighted by Crippen LogP contribution is 2.43. The maximum atomic E-state index is 12.2. The molecule has 0 saturated heterocycles. The highest BCUT2D eigenvalue weighted by molar-refractivity contribution is 5.91. The van der Waals surface area contributed by atoms with E-state index in [1.807, 2.05) is 6.92 Å². The third-order valence-electron chi connectivity index (χ3n) is 4.41. The molecule has 2 unspecified atom stereocenters. The second-order valence-electron chi connectivity index (χ2n) is 6.41. The highest BCUT2D eigenvalue weighted by Gasteiger charge is 2.33. The number of hydrogen-bond acceptors (Lipinski definition) is 3. The van der Waals surface area contributed by atoms with Crippen molar-refractivity contribution in [2.75, 3.05) is 6.61 Å². The lowest BCUT2D eigenvalue weighted by atomic mass is 9.80. The van der Waals surface area contributed by atoms with Crippen molar-refractivity contribution in [1.29, 1.82) is 0 Å². The molecule has 1 aromatic heterocycles. The molecule has 1 fully saturated rings. The zero-order valence-corrected chi connectivity index (χ0v) is 12.6. The van der Waals surface area contributed by atoms with E-state index in [9.17, 15) is 4.79 Å². The van der Waals surface area contributed by atoms with Crippen LogP contribution in [0, 0.1) is 5.92 Å². The summed E-state index contributed by atoms with van der Waals surface area (Å²) in [7, 11) is 0. The van der Waals surface area contributed by atoms with E-state index in [4.69, 9.17) is 9.72 Å². The highest BCUT2D eigenvalue weighted by atomic mass is 16.5. The van der Waals surface area contributed by atoms with Crippen molar-refractivity contribution in [1.82, 2.24) is 4.98 Å². The third kappa shape index (κ3) is 2.46. The van der Waals surface area contributed by atoms with E-state index in [1.165, 1.54) is 17.7 Å². The summed E-state index contributed by atoms with van der Waals surface area (Å²) in [5, 5.41) is 0. The topological polar surface area (TPSA) is 39.2 Å². The summed E-state index contributed by atoms with van der Waals surface area (Å²) in [4.78, 5) is 17.1. The first-order chi connectivity index (χ1) is 9.60. The van der Waals surface area contributed by atoms with Crippen LogP contribution in [-0.2, 0) is 11.2 Å². The predicted molar refractivity (Wildman–Crippen MR) is 78.1 cm³/mol. The summed E-state index contributed by atoms with van der Waals surface area (Å²) >= 11 is 0. The summed E-state index contributed by atoms with van der Waals surface area (Å²) in [6.45, 7) is 6.80. The van der Waals surface area contributed by atoms with Gasteiger partial charge in [-0.05, 0) is 56.1 Å². The Morgan fingerprint density at radius 1 is 1.35 bits per heavy atom. The van der Waals surface area contributed by atoms with Gasteiger partial charge in [-0.15, -0.1) is 0 Å². The second kappa shape index (κ2) is 5.19. The largest absolute Gasteiger partial charge is 0.462 e. The summed E-state index contributed by atoms with van der Waals surface area (Å²) in [5.74, 6) is 1.45. The molecule has 2 aliphatic rings. The van der Waals surface area contributed by atoms with Crippen LogP contribution in [0.5, 0.6) is 0 Å². The van der Waals surface area contributed by atoms with Crippen molar-refractivity contribution >= 4 is 5.97 Å². The normalized spacial score (nSPS) is 25.1. The van der Waals surface area contributed by atoms with Gasteiger partial charge in [0, 0.05) is 11.6 Å². The molecule has 3 nitrogen and oxygen atoms in total. The van der Waals surface area contributed by atoms with Crippen molar-refractivity contribution in [2.45, 2.75) is 58.3 Å². The lowest BCUT2D eigenvalue weighted by Gasteiger charge is -2.27. The molecule has 0 amide bonds. The molecule has 0 aromatic carbocycles. The molecule has 0 spiro atoms. The quantitative estimate of drug-likeness (QED) is 0.786. The van der Waals surface area contributed by atoms with Gasteiger partial charge in [-0.2, -0.15) is 0 Å². The fraction of sp³-hybridized carbons (Fsp3) is 0.647. The Kier molecular flexibility index (Phi) is 3.53. The van der Waals surface area contributed by atoms with Crippen LogP contribution in [0.15, 0.2) is 6.07 Å². The van der Waals surface area contributed by atoms with Gasteiger partial charge >= 0.3 is 5.97 Å². The fourth-order valence-electron chi connectivity index (χ4n) is 3.39. The molecule has 0 aliphatic heterocycles. The van der Waals surface area contributed by atoms with Crippen LogP contribution in [0.3, 0.4) is 0 Å². The molecule has 2 aliphatic carbocycles. The molecule has 2 atom stereocenters. The van der Waals surface area contributed by atoms with E-state index >= 15 is 0 Å². The number of fused-ring (bicyclic) bond motifs is 1. The van der Waals surface area contributed by atoms with Crippen LogP contribution in [0.4, 0.5) is 0 Å². The van der Waals surface area contributed by atoms with E-state index in [0.29, 0.717) is 24.4 Å². The van der Waals surface area contributed by atoms with E-state index in [2.05, 4.69) is 19.9 Å². The van der Waals surface area contributed by atoms with Crippen LogP contribution in [-0.4, -0.2) is 17.6 Å². The summed E-state index contributed by atoms with van der Waals surface area (Å²) in [5.41, 5.74) is 4.18. The molecular weight excluding hydrogens is 250 g/mol. The minimum absolute atomic E-state index is 0.199. The van der Waals surface area contributed by atoms with E-state index < -0.39 is 0 Å². The van der Waals surface area contributed by atoms with Crippen molar-refractivity contribution < 1.29 is 9.53 Å². The van der Waals surface area contributed by atoms with Gasteiger partial charge in [-0.3, -0.25) is 4.98 Å². The van der Waals surface area contributed by atoms with Gasteiger partial charge in [0.2, 0.25) is 0 Å². The van der Waals surface area contributed by atoms with Gasteiger partial charge in [-0.25, -0.2) is 4.79 Å². The Morgan fingerprint density at radius 3 is 2.75 bits per heavy atom. The average molecular weight is 273 g/mol. The average Bonchev–Trinajstić information content (AvgIpc) is 3.21. The van der Waals surface area contributed by atoms with Gasteiger partial charge in [0.25, 0.3) is 0 Å². The molecular formula is C17H23NO2. The minimum Gasteiger partial charge on any atom is -0.462 e. The molecule has 1 heterocycles. The molecule has 3 heteroatoms. The van der Waals surface area contributed by atoms with Crippen molar-refractivity contribution in [3.8, 4) is 0 Å². The summed E-state index contributed by atoms with van der Waals surface area (Å²) in [6, 6.07) is 2.07. The second-order valence-corrected chi connectivity index (χ2v) is 6.41. The molecule has 1 saturated carbocycles. The number of aromatic nitrogens is 1. The molecule has 108 valence electrons. The lowest BCUT2D eigenvalue weighted by molar-refractivity contribution is 0.0524. The molecule has 1 aromatic rings. The Hall–Kier alpha value is -1.38. The van der Waals surface area contributed by atoms with Crippen molar-refractivity contribution in [3.63, 3.8) is 0 Å². The Labute approximate surface area is 120 Å². The van der Waals surface area contributed by atoms with Gasteiger partial charge < -0.3 is 4.74 Å². The van der Waals surface area contributed by atoms with Crippen LogP contribution in [0.2, 0.25) is 0 Å². The molecule has 20 heavy (non-hydrogen) atoms. The number of carbonyl (C=O) groups is 1. The van der Waals surface area contributed by atoms with Gasteiger partial charge in [0.1, 0.15) is 0 Å². The number of pyridine rings is 1. The smallest absolute Gasteiger partial charge is 0.339 e. The first kappa shape index (κ1) is 13.6. The predicted octanol–water partition coefficient (Wildman–Crippen LogP) is 3.82. The zero-order chi connectivity index (χ0) is 14.3. The van der Waals surface area contributed by atoms with E-state index in [0.717, 1.165) is 30.5 Å². The molecule has 0 bridgehead atoms. The molecule has 0 N–H and O–H groups in total. The van der Waals surface area contributed by atoms with E-state index in [1.54, 1.807) is 0 Å². The number of ether oxygens (including phenoxy) is 1. The van der Waals surface area contributed by atoms with Gasteiger partial charge in [0.05, 0.1) is 17.9 Å². The molecule has 0 radical (unpaired) electrons. The van der Waals surface area contributed by atoms with Crippen LogP contribution >= 0.6 is 0 Å². The lowest BCUT2D eigenvalue weighted by Crippen LogP contribution is -2.20. The first-order valence-electron chi connectivity index (χ1n) is 7.81. The summed E-state index contributed by atoms with van der Waals surface area (Å²) in [6.07, 6.45) is 4.54. The van der Waals surface area contributed by atoms with Crippen molar-refractivity contribution in [3.05, 3.63) is 28.6 Å². The van der Waals surface area contributed by atoms with Crippen molar-refractivity contribution in [2.24, 2.45) is 5.92 Å². The minimum atomic E-state index is -0.199. The Bertz CT molecular complexity index is 534. The van der Waals surface area contributed by atoms with Gasteiger partial charge in [-0.1, -0.05) is 13.8 Å². The Balaban J connectivity index is 2.04. The fourth-order valence-corrected chi connectivity index (χ4v) is 3.39. The molecule has 3 rings (SSSR count). The number of carbonyl (C=O) groups excluding carboxylic acids is 1. The summed E-state index contributed by atoms with van der Waals surface area (Å²) < 4.78 is 5.21. The number of rotatable bonds is 3. The van der Waals surface area contributed by atoms with Crippen LogP contribution in [0.25, 0.3) is 0 Å². The number of hydrogen-bond donors (Lipinski definition) is 0. The standard InChI is InChI=1S/C17H23NO2/c1-4-20-17(19)14-9-13-8-10(2)7-11(3)15(13)18-16(14)12-5-6-12/h9-12H,4-8H2,1-3H3. The number of nitrogens with zero attached hydrogens (tertiary/aromatic N) is 1. The SMILES string of the molecule is CCOC(=O)c1cc2c(nc1C1CC1)C(C)CC(C)C2. The third-order valence-corrected chi connectivity index (χ3v) is 4.41. The maximum Gasteiger partial charge on any atom is 0.339 e. The van der Waals surface area contributed by atoms with Gasteiger partial charge in [0.15, 0.2) is 0 Å².